The number of hydrogen-bond donors (Lipinski definition) is 0. The molecule has 11 rings (SSSR count). The first kappa shape index (κ1) is 32.4. The summed E-state index contributed by atoms with van der Waals surface area (Å²) in [6, 6.07) is 17.3. The Hall–Kier alpha value is -7.89. The average Bonchev–Trinajstić information content (AvgIpc) is 1.59. The molecule has 10 aromatic rings. The van der Waals surface area contributed by atoms with Crippen molar-refractivity contribution in [3.63, 3.8) is 0 Å². The van der Waals surface area contributed by atoms with Crippen LogP contribution in [0.25, 0.3) is 61.0 Å². The number of nitrogens with zero attached hydrogens (tertiary/aromatic N) is 4. The number of hydrogen-bond acceptors (Lipinski definition) is 4. The Labute approximate surface area is 470 Å². The Morgan fingerprint density at radius 3 is 1.69 bits per heavy atom. The van der Waals surface area contributed by atoms with E-state index in [-0.39, 0.29) is 91.9 Å². The predicted molar refractivity (Wildman–Crippen MR) is 318 cm³/mol. The lowest BCUT2D eigenvalue weighted by molar-refractivity contribution is 0.483. The van der Waals surface area contributed by atoms with Gasteiger partial charge < -0.3 is 14.5 Å². The van der Waals surface area contributed by atoms with E-state index in [0.717, 1.165) is 39.2 Å². The normalized spacial score (nSPS) is 16.6. The second-order valence-electron chi connectivity index (χ2n) is 23.3. The van der Waals surface area contributed by atoms with Crippen molar-refractivity contribution in [2.24, 2.45) is 0 Å². The third-order valence-electron chi connectivity index (χ3n) is 13.7. The van der Waals surface area contributed by atoms with E-state index < -0.39 is 107 Å². The molecule has 0 N–H and O–H groups in total. The first-order chi connectivity index (χ1) is 43.2. The number of benzene rings is 8. The minimum atomic E-state index is -0.916. The van der Waals surface area contributed by atoms with Crippen molar-refractivity contribution in [1.29, 1.82) is 0 Å². The molecule has 0 amide bonds. The highest BCUT2D eigenvalue weighted by Gasteiger charge is 2.34. The summed E-state index contributed by atoms with van der Waals surface area (Å²) < 4.78 is 172. The van der Waals surface area contributed by atoms with Gasteiger partial charge in [0.15, 0.2) is 0 Å². The fourth-order valence-corrected chi connectivity index (χ4v) is 9.49. The molecule has 0 fully saturated rings. The topological polar surface area (TPSA) is 33.5 Å². The highest BCUT2D eigenvalue weighted by molar-refractivity contribution is 6.11. The van der Waals surface area contributed by atoms with Gasteiger partial charge in [0.25, 0.3) is 0 Å². The number of rotatable bonds is 8. The minimum absolute atomic E-state index is 0.0408. The zero-order valence-corrected chi connectivity index (χ0v) is 44.5. The molecule has 0 atom stereocenters. The molecular weight excluding hydrogens is 913 g/mol. The number of para-hydroxylation sites is 2. The second-order valence-corrected chi connectivity index (χ2v) is 23.3. The predicted octanol–water partition coefficient (Wildman–Crippen LogP) is 19.4. The second kappa shape index (κ2) is 18.5. The van der Waals surface area contributed by atoms with Crippen molar-refractivity contribution < 1.29 is 29.4 Å². The fourth-order valence-electron chi connectivity index (χ4n) is 9.49. The van der Waals surface area contributed by atoms with Gasteiger partial charge in [0.05, 0.1) is 52.8 Å². The van der Waals surface area contributed by atoms with Gasteiger partial charge in [0.1, 0.15) is 24.0 Å². The van der Waals surface area contributed by atoms with Gasteiger partial charge in [-0.1, -0.05) is 186 Å². The van der Waals surface area contributed by atoms with Crippen LogP contribution in [0.4, 0.5) is 22.7 Å². The minimum Gasteiger partial charge on any atom is -0.457 e. The molecule has 0 aliphatic carbocycles. The van der Waals surface area contributed by atoms with Crippen molar-refractivity contribution in [2.75, 3.05) is 16.5 Å². The highest BCUT2D eigenvalue weighted by Crippen LogP contribution is 2.52. The first-order valence-corrected chi connectivity index (χ1v) is 25.2. The Morgan fingerprint density at radius 2 is 1.05 bits per heavy atom. The number of pyridine rings is 1. The lowest BCUT2D eigenvalue weighted by Gasteiger charge is -2.31. The van der Waals surface area contributed by atoms with Gasteiger partial charge in [0.2, 0.25) is 0 Å². The molecule has 0 saturated heterocycles. The molecule has 0 spiro atoms. The van der Waals surface area contributed by atoms with Crippen molar-refractivity contribution >= 4 is 44.6 Å². The van der Waals surface area contributed by atoms with E-state index in [0.29, 0.717) is 16.9 Å². The van der Waals surface area contributed by atoms with Gasteiger partial charge in [-0.2, -0.15) is 0 Å². The van der Waals surface area contributed by atoms with Crippen molar-refractivity contribution in [1.82, 2.24) is 9.55 Å². The van der Waals surface area contributed by atoms with Crippen LogP contribution >= 0.6 is 0 Å². The molecule has 5 nitrogen and oxygen atoms in total. The zero-order valence-electron chi connectivity index (χ0n) is 62.5. The summed E-state index contributed by atoms with van der Waals surface area (Å²) in [7, 11) is 0. The molecule has 5 heteroatoms. The summed E-state index contributed by atoms with van der Waals surface area (Å²) in [4.78, 5) is 8.57. The van der Waals surface area contributed by atoms with E-state index >= 15 is 0 Å². The standard InChI is InChI=1S/C70H70N4O/c1-67(2,3)50-34-35-71-65(42-50)74-61-33-30-48(46-22-15-13-16-23-46)38-60(61)57-32-31-56(44-64(57)74)75-55-27-21-26-54(43-55)72-45-73(63-29-20-19-28-62(63)72)66-58(47-24-17-14-18-25-47)40-53(70(10,11)12)41-59(66)49-36-51(68(4,5)6)39-52(37-49)69(7,8)9/h13-44H,45H2,1-12H3/i13D,14D,15D,16D,17D,18D,22D,23D,24D,25D,30D,31D,32D,33D,34D,35D,38D,42D. The molecule has 2 aromatic heterocycles. The molecule has 0 unspecified atom stereocenters. The molecule has 1 aliphatic rings. The van der Waals surface area contributed by atoms with Crippen LogP contribution in [-0.2, 0) is 21.7 Å². The highest BCUT2D eigenvalue weighted by atomic mass is 16.5. The quantitative estimate of drug-likeness (QED) is 0.152. The van der Waals surface area contributed by atoms with Gasteiger partial charge in [-0.15, -0.1) is 0 Å². The summed E-state index contributed by atoms with van der Waals surface area (Å²) in [5.74, 6) is -0.326. The molecule has 0 saturated carbocycles. The zero-order chi connectivity index (χ0) is 68.3. The summed E-state index contributed by atoms with van der Waals surface area (Å²) in [6.45, 7) is 24.6. The Kier molecular flexibility index (Phi) is 7.99. The monoisotopic (exact) mass is 1000 g/mol. The van der Waals surface area contributed by atoms with Crippen molar-refractivity contribution in [3.8, 4) is 50.7 Å². The largest absolute Gasteiger partial charge is 0.457 e. The molecule has 3 heterocycles. The maximum Gasteiger partial charge on any atom is 0.137 e. The fraction of sp³-hybridized carbons (Fsp3) is 0.243. The average molecular weight is 1000 g/mol. The number of ether oxygens (including phenoxy) is 1. The third-order valence-corrected chi connectivity index (χ3v) is 13.7. The number of fused-ring (bicyclic) bond motifs is 4. The van der Waals surface area contributed by atoms with E-state index in [1.54, 1.807) is 39.0 Å². The van der Waals surface area contributed by atoms with Crippen LogP contribution in [0, 0.1) is 0 Å². The van der Waals surface area contributed by atoms with Gasteiger partial charge in [-0.05, 0) is 139 Å². The van der Waals surface area contributed by atoms with Crippen LogP contribution in [0.5, 0.6) is 11.5 Å². The maximum atomic E-state index is 9.80. The molecule has 8 aromatic carbocycles. The molecular formula is C70H70N4O. The Morgan fingerprint density at radius 1 is 0.453 bits per heavy atom. The number of anilines is 4. The maximum absolute atomic E-state index is 9.80. The van der Waals surface area contributed by atoms with Crippen LogP contribution < -0.4 is 14.5 Å². The summed E-state index contributed by atoms with van der Waals surface area (Å²) in [6.07, 6.45) is -0.535. The SMILES string of the molecule is [2H]c1nc(-n2c3cc(Oc4cccc(N5CN(c6c(-c7cc(C(C)(C)C)cc(C(C)(C)C)c7)cc(C(C)(C)C)cc6-c6c([2H])c([2H])c([2H])c([2H])c6[2H])c6ccccc65)c4)c([2H])c([2H])c3c3c([2H])c(-c4c([2H])c([2H])c([2H])c([2H])c4[2H])c([2H])c([2H])c32)c([2H])c(C(C)(C)C)c1[2H]. The number of aromatic nitrogens is 2. The van der Waals surface area contributed by atoms with E-state index in [1.807, 2.05) is 41.3 Å². The summed E-state index contributed by atoms with van der Waals surface area (Å²) in [5.41, 5.74) is 4.59. The molecule has 376 valence electrons. The lowest BCUT2D eigenvalue weighted by Crippen LogP contribution is -2.25. The van der Waals surface area contributed by atoms with E-state index in [1.165, 1.54) is 10.6 Å². The summed E-state index contributed by atoms with van der Waals surface area (Å²) in [5, 5.41) is -0.394. The molecule has 0 radical (unpaired) electrons. The molecule has 0 bridgehead atoms. The molecule has 1 aliphatic heterocycles. The van der Waals surface area contributed by atoms with Crippen LogP contribution in [0.15, 0.2) is 194 Å². The van der Waals surface area contributed by atoms with Gasteiger partial charge in [-0.3, -0.25) is 4.57 Å². The van der Waals surface area contributed by atoms with Crippen molar-refractivity contribution in [2.45, 2.75) is 105 Å². The van der Waals surface area contributed by atoms with Gasteiger partial charge in [-0.25, -0.2) is 4.98 Å². The third kappa shape index (κ3) is 9.50. The van der Waals surface area contributed by atoms with Gasteiger partial charge >= 0.3 is 0 Å². The van der Waals surface area contributed by atoms with Crippen LogP contribution in [0.1, 0.15) is 130 Å². The lowest BCUT2D eigenvalue weighted by atomic mass is 9.77. The first-order valence-electron chi connectivity index (χ1n) is 34.2. The van der Waals surface area contributed by atoms with E-state index in [9.17, 15) is 11.0 Å². The van der Waals surface area contributed by atoms with Crippen LogP contribution in [-0.4, -0.2) is 16.2 Å². The Bertz CT molecular complexity index is 4770. The van der Waals surface area contributed by atoms with Crippen LogP contribution in [0.3, 0.4) is 0 Å². The van der Waals surface area contributed by atoms with E-state index in [4.69, 9.17) is 18.4 Å². The molecule has 75 heavy (non-hydrogen) atoms. The van der Waals surface area contributed by atoms with Crippen molar-refractivity contribution in [3.05, 3.63) is 216 Å². The van der Waals surface area contributed by atoms with Crippen LogP contribution in [0.2, 0.25) is 0 Å². The smallest absolute Gasteiger partial charge is 0.137 e. The Balaban J connectivity index is 1.13. The van der Waals surface area contributed by atoms with E-state index in [2.05, 4.69) is 96.5 Å². The summed E-state index contributed by atoms with van der Waals surface area (Å²) >= 11 is 0. The van der Waals surface area contributed by atoms with Gasteiger partial charge in [0, 0.05) is 45.9 Å².